The Hall–Kier alpha value is -1.34. The van der Waals surface area contributed by atoms with Crippen LogP contribution in [-0.2, 0) is 14.3 Å². The minimum Gasteiger partial charge on any atom is -0.469 e. The summed E-state index contributed by atoms with van der Waals surface area (Å²) < 4.78 is 10.0. The molecule has 0 bridgehead atoms. The third-order valence-electron chi connectivity index (χ3n) is 4.11. The molecule has 0 aromatic carbocycles. The van der Waals surface area contributed by atoms with Crippen molar-refractivity contribution in [3.05, 3.63) is 0 Å². The molecule has 23 heavy (non-hydrogen) atoms. The lowest BCUT2D eigenvalue weighted by molar-refractivity contribution is -0.140. The predicted octanol–water partition coefficient (Wildman–Crippen LogP) is 0.606. The van der Waals surface area contributed by atoms with Crippen LogP contribution in [0.15, 0.2) is 4.99 Å². The van der Waals surface area contributed by atoms with Gasteiger partial charge < -0.3 is 20.1 Å². The number of hydrogen-bond donors (Lipinski definition) is 2. The highest BCUT2D eigenvalue weighted by atomic mass is 16.5. The summed E-state index contributed by atoms with van der Waals surface area (Å²) in [6, 6.07) is 0. The van der Waals surface area contributed by atoms with Crippen molar-refractivity contribution in [2.24, 2.45) is 4.99 Å². The maximum atomic E-state index is 11.0. The number of ether oxygens (including phenoxy) is 2. The molecule has 7 nitrogen and oxygen atoms in total. The van der Waals surface area contributed by atoms with Crippen LogP contribution in [0.2, 0.25) is 0 Å². The molecular weight excluding hydrogens is 296 g/mol. The number of morpholine rings is 1. The van der Waals surface area contributed by atoms with Crippen LogP contribution >= 0.6 is 0 Å². The second-order valence-corrected chi connectivity index (χ2v) is 6.30. The Balaban J connectivity index is 2.23. The number of carbonyl (C=O) groups is 1. The molecule has 7 heteroatoms. The molecular formula is C16H32N4O3. The highest BCUT2D eigenvalue weighted by molar-refractivity contribution is 5.79. The van der Waals surface area contributed by atoms with Gasteiger partial charge in [-0.25, -0.2) is 0 Å². The molecule has 1 rings (SSSR count). The van der Waals surface area contributed by atoms with Crippen LogP contribution in [0.3, 0.4) is 0 Å². The summed E-state index contributed by atoms with van der Waals surface area (Å²) in [5.74, 6) is 0.643. The van der Waals surface area contributed by atoms with Crippen molar-refractivity contribution >= 4 is 11.9 Å². The van der Waals surface area contributed by atoms with Gasteiger partial charge in [0, 0.05) is 45.2 Å². The molecule has 1 saturated heterocycles. The van der Waals surface area contributed by atoms with E-state index in [4.69, 9.17) is 4.74 Å². The molecule has 2 N–H and O–H groups in total. The molecule has 1 fully saturated rings. The van der Waals surface area contributed by atoms with E-state index in [0.717, 1.165) is 58.2 Å². The van der Waals surface area contributed by atoms with E-state index in [1.165, 1.54) is 7.11 Å². The minimum atomic E-state index is -0.153. The van der Waals surface area contributed by atoms with Gasteiger partial charge in [-0.1, -0.05) is 0 Å². The fourth-order valence-electron chi connectivity index (χ4n) is 2.50. The number of methoxy groups -OCH3 is 1. The molecule has 1 aliphatic rings. The Labute approximate surface area is 139 Å². The zero-order valence-electron chi connectivity index (χ0n) is 15.0. The van der Waals surface area contributed by atoms with Gasteiger partial charge >= 0.3 is 5.97 Å². The third kappa shape index (κ3) is 7.65. The Bertz CT molecular complexity index is 380. The highest BCUT2D eigenvalue weighted by Crippen LogP contribution is 2.14. The smallest absolute Gasteiger partial charge is 0.305 e. The van der Waals surface area contributed by atoms with Crippen LogP contribution in [0.4, 0.5) is 0 Å². The van der Waals surface area contributed by atoms with Gasteiger partial charge in [0.15, 0.2) is 5.96 Å². The van der Waals surface area contributed by atoms with Crippen LogP contribution in [0.25, 0.3) is 0 Å². The van der Waals surface area contributed by atoms with E-state index in [0.29, 0.717) is 6.42 Å². The van der Waals surface area contributed by atoms with E-state index in [1.54, 1.807) is 7.05 Å². The molecule has 134 valence electrons. The predicted molar refractivity (Wildman–Crippen MR) is 91.7 cm³/mol. The fourth-order valence-corrected chi connectivity index (χ4v) is 2.50. The Kier molecular flexibility index (Phi) is 8.94. The van der Waals surface area contributed by atoms with E-state index in [1.807, 2.05) is 0 Å². The molecule has 0 unspecified atom stereocenters. The molecule has 0 spiro atoms. The first kappa shape index (κ1) is 19.7. The van der Waals surface area contributed by atoms with Crippen LogP contribution in [0, 0.1) is 0 Å². The molecule has 1 aliphatic heterocycles. The number of rotatable bonds is 8. The van der Waals surface area contributed by atoms with E-state index < -0.39 is 0 Å². The van der Waals surface area contributed by atoms with Gasteiger partial charge in [-0.2, -0.15) is 0 Å². The van der Waals surface area contributed by atoms with E-state index >= 15 is 0 Å². The van der Waals surface area contributed by atoms with E-state index in [2.05, 4.69) is 39.1 Å². The summed E-state index contributed by atoms with van der Waals surface area (Å²) in [6.07, 6.45) is 2.19. The van der Waals surface area contributed by atoms with Crippen molar-refractivity contribution in [2.45, 2.75) is 38.6 Å². The van der Waals surface area contributed by atoms with Gasteiger partial charge in [0.25, 0.3) is 0 Å². The zero-order chi connectivity index (χ0) is 17.1. The highest BCUT2D eigenvalue weighted by Gasteiger charge is 2.28. The van der Waals surface area contributed by atoms with Crippen molar-refractivity contribution in [1.29, 1.82) is 0 Å². The largest absolute Gasteiger partial charge is 0.469 e. The van der Waals surface area contributed by atoms with Gasteiger partial charge in [-0.05, 0) is 26.7 Å². The number of hydrogen-bond acceptors (Lipinski definition) is 5. The molecule has 0 atom stereocenters. The fraction of sp³-hybridized carbons (Fsp3) is 0.875. The Morgan fingerprint density at radius 2 is 1.96 bits per heavy atom. The lowest BCUT2D eigenvalue weighted by Crippen LogP contribution is -2.56. The normalized spacial score (nSPS) is 17.0. The van der Waals surface area contributed by atoms with Crippen LogP contribution in [-0.4, -0.2) is 75.9 Å². The molecule has 0 saturated carbocycles. The first-order valence-electron chi connectivity index (χ1n) is 8.33. The lowest BCUT2D eigenvalue weighted by atomic mass is 10.0. The van der Waals surface area contributed by atoms with Gasteiger partial charge in [0.2, 0.25) is 0 Å². The van der Waals surface area contributed by atoms with Gasteiger partial charge in [0.1, 0.15) is 0 Å². The number of esters is 1. The van der Waals surface area contributed by atoms with Crippen molar-refractivity contribution in [1.82, 2.24) is 15.5 Å². The van der Waals surface area contributed by atoms with E-state index in [-0.39, 0.29) is 11.5 Å². The van der Waals surface area contributed by atoms with Crippen LogP contribution < -0.4 is 10.6 Å². The number of nitrogens with zero attached hydrogens (tertiary/aromatic N) is 2. The Morgan fingerprint density at radius 3 is 2.57 bits per heavy atom. The lowest BCUT2D eigenvalue weighted by Gasteiger charge is -2.41. The number of guanidine groups is 1. The van der Waals surface area contributed by atoms with E-state index in [9.17, 15) is 4.79 Å². The van der Waals surface area contributed by atoms with Gasteiger partial charge in [-0.15, -0.1) is 0 Å². The van der Waals surface area contributed by atoms with Crippen LogP contribution in [0.5, 0.6) is 0 Å². The number of nitrogens with one attached hydrogen (secondary N) is 2. The van der Waals surface area contributed by atoms with Gasteiger partial charge in [-0.3, -0.25) is 14.7 Å². The maximum Gasteiger partial charge on any atom is 0.305 e. The number of aliphatic imine (C=N–C) groups is 1. The number of unbranched alkanes of at least 4 members (excludes halogenated alkanes) is 1. The van der Waals surface area contributed by atoms with Crippen molar-refractivity contribution in [2.75, 3.05) is 53.6 Å². The Morgan fingerprint density at radius 1 is 1.26 bits per heavy atom. The monoisotopic (exact) mass is 328 g/mol. The first-order valence-corrected chi connectivity index (χ1v) is 8.33. The molecule has 0 amide bonds. The summed E-state index contributed by atoms with van der Waals surface area (Å²) in [5, 5.41) is 6.66. The second-order valence-electron chi connectivity index (χ2n) is 6.30. The molecule has 1 heterocycles. The average molecular weight is 328 g/mol. The van der Waals surface area contributed by atoms with Crippen molar-refractivity contribution < 1.29 is 14.3 Å². The maximum absolute atomic E-state index is 11.0. The summed E-state index contributed by atoms with van der Waals surface area (Å²) in [5.41, 5.74) is 0.0479. The average Bonchev–Trinajstić information content (AvgIpc) is 2.57. The van der Waals surface area contributed by atoms with Crippen molar-refractivity contribution in [3.63, 3.8) is 0 Å². The first-order chi connectivity index (χ1) is 11.0. The SMILES string of the molecule is CN=C(NCCCCC(=O)OC)NCC(C)(C)N1CCOCC1. The summed E-state index contributed by atoms with van der Waals surface area (Å²) in [6.45, 7) is 9.60. The second kappa shape index (κ2) is 10.4. The number of carbonyl (C=O) groups excluding carboxylic acids is 1. The molecule has 0 aromatic rings. The molecule has 0 radical (unpaired) electrons. The third-order valence-corrected chi connectivity index (χ3v) is 4.11. The summed E-state index contributed by atoms with van der Waals surface area (Å²) in [7, 11) is 3.19. The van der Waals surface area contributed by atoms with Crippen molar-refractivity contribution in [3.8, 4) is 0 Å². The quantitative estimate of drug-likeness (QED) is 0.294. The minimum absolute atomic E-state index is 0.0479. The summed E-state index contributed by atoms with van der Waals surface area (Å²) >= 11 is 0. The zero-order valence-corrected chi connectivity index (χ0v) is 15.0. The standard InChI is InChI=1S/C16H32N4O3/c1-16(2,20-9-11-23-12-10-20)13-19-15(17-3)18-8-6-5-7-14(21)22-4/h5-13H2,1-4H3,(H2,17,18,19). The molecule has 0 aromatic heterocycles. The molecule has 0 aliphatic carbocycles. The van der Waals surface area contributed by atoms with Gasteiger partial charge in [0.05, 0.1) is 20.3 Å². The summed E-state index contributed by atoms with van der Waals surface area (Å²) in [4.78, 5) is 17.7. The van der Waals surface area contributed by atoms with Crippen LogP contribution in [0.1, 0.15) is 33.1 Å². The topological polar surface area (TPSA) is 75.2 Å².